The highest BCUT2D eigenvalue weighted by Crippen LogP contribution is 2.43. The maximum absolute atomic E-state index is 6.39. The van der Waals surface area contributed by atoms with Gasteiger partial charge in [0, 0.05) is 26.0 Å². The van der Waals surface area contributed by atoms with Crippen LogP contribution in [0.25, 0.3) is 0 Å². The second-order valence-corrected chi connectivity index (χ2v) is 6.33. The van der Waals surface area contributed by atoms with E-state index in [0.29, 0.717) is 6.10 Å². The number of hydrogen-bond acceptors (Lipinski definition) is 4. The highest BCUT2D eigenvalue weighted by Gasteiger charge is 2.42. The van der Waals surface area contributed by atoms with Gasteiger partial charge in [0.15, 0.2) is 0 Å². The van der Waals surface area contributed by atoms with E-state index in [9.17, 15) is 0 Å². The lowest BCUT2D eigenvalue weighted by atomic mass is 9.98. The highest BCUT2D eigenvalue weighted by molar-refractivity contribution is 4.96. The normalized spacial score (nSPS) is 24.1. The van der Waals surface area contributed by atoms with Crippen LogP contribution >= 0.6 is 0 Å². The van der Waals surface area contributed by atoms with Gasteiger partial charge in [-0.25, -0.2) is 4.98 Å². The number of aromatic nitrogens is 2. The summed E-state index contributed by atoms with van der Waals surface area (Å²) < 4.78 is 13.7. The van der Waals surface area contributed by atoms with Crippen molar-refractivity contribution in [2.75, 3.05) is 20.3 Å². The molecule has 0 amide bonds. The van der Waals surface area contributed by atoms with Crippen molar-refractivity contribution < 1.29 is 9.47 Å². The number of rotatable bonds is 7. The fraction of sp³-hybridized carbons (Fsp3) is 0.812. The molecule has 1 atom stereocenters. The molecule has 2 heterocycles. The van der Waals surface area contributed by atoms with E-state index in [4.69, 9.17) is 9.47 Å². The molecule has 1 saturated carbocycles. The number of methoxy groups -OCH3 is 1. The molecular formula is C16H27N3O2. The zero-order valence-corrected chi connectivity index (χ0v) is 13.0. The quantitative estimate of drug-likeness (QED) is 0.782. The average Bonchev–Trinajstić information content (AvgIpc) is 3.20. The van der Waals surface area contributed by atoms with Crippen molar-refractivity contribution in [3.63, 3.8) is 0 Å². The van der Waals surface area contributed by atoms with Crippen LogP contribution in [0.1, 0.15) is 44.3 Å². The highest BCUT2D eigenvalue weighted by atomic mass is 16.5. The zero-order chi connectivity index (χ0) is 14.5. The Kier molecular flexibility index (Phi) is 4.93. The Labute approximate surface area is 127 Å². The molecule has 5 heteroatoms. The lowest BCUT2D eigenvalue weighted by Crippen LogP contribution is -2.27. The molecule has 1 saturated heterocycles. The topological polar surface area (TPSA) is 48.3 Å². The Bertz CT molecular complexity index is 440. The van der Waals surface area contributed by atoms with Gasteiger partial charge in [-0.15, -0.1) is 0 Å². The molecule has 2 fully saturated rings. The third-order valence-electron chi connectivity index (χ3n) is 4.82. The van der Waals surface area contributed by atoms with E-state index in [-0.39, 0.29) is 5.60 Å². The first-order valence-corrected chi connectivity index (χ1v) is 8.19. The van der Waals surface area contributed by atoms with Crippen LogP contribution in [0.5, 0.6) is 0 Å². The van der Waals surface area contributed by atoms with Gasteiger partial charge < -0.3 is 19.4 Å². The molecule has 1 N–H and O–H groups in total. The van der Waals surface area contributed by atoms with E-state index in [1.165, 1.54) is 38.5 Å². The lowest BCUT2D eigenvalue weighted by molar-refractivity contribution is -0.0420. The summed E-state index contributed by atoms with van der Waals surface area (Å²) in [5, 5.41) is 3.35. The third-order valence-corrected chi connectivity index (χ3v) is 4.82. The SMILES string of the molecule is COCCNCc1nccn1CC1CCC2(CCCC2)O1. The second-order valence-electron chi connectivity index (χ2n) is 6.33. The van der Waals surface area contributed by atoms with Crippen LogP contribution in [-0.2, 0) is 22.6 Å². The number of nitrogens with one attached hydrogen (secondary N) is 1. The van der Waals surface area contributed by atoms with Crippen molar-refractivity contribution in [1.82, 2.24) is 14.9 Å². The fourth-order valence-corrected chi connectivity index (χ4v) is 3.68. The molecule has 21 heavy (non-hydrogen) atoms. The molecule has 1 unspecified atom stereocenters. The molecule has 0 aromatic carbocycles. The van der Waals surface area contributed by atoms with Gasteiger partial charge in [-0.05, 0) is 25.7 Å². The summed E-state index contributed by atoms with van der Waals surface area (Å²) in [5.41, 5.74) is 0.224. The number of hydrogen-bond donors (Lipinski definition) is 1. The summed E-state index contributed by atoms with van der Waals surface area (Å²) in [5.74, 6) is 1.09. The molecule has 3 rings (SSSR count). The standard InChI is InChI=1S/C16H27N3O2/c1-20-11-9-17-12-15-18-8-10-19(15)13-14-4-7-16(21-14)5-2-3-6-16/h8,10,14,17H,2-7,9,11-13H2,1H3. The van der Waals surface area contributed by atoms with Crippen molar-refractivity contribution in [2.45, 2.75) is 63.3 Å². The van der Waals surface area contributed by atoms with E-state index in [2.05, 4.69) is 21.1 Å². The molecule has 1 aromatic rings. The number of imidazole rings is 1. The van der Waals surface area contributed by atoms with Gasteiger partial charge in [-0.3, -0.25) is 0 Å². The molecule has 1 aliphatic carbocycles. The smallest absolute Gasteiger partial charge is 0.122 e. The number of nitrogens with zero attached hydrogens (tertiary/aromatic N) is 2. The van der Waals surface area contributed by atoms with Crippen LogP contribution in [-0.4, -0.2) is 41.5 Å². The van der Waals surface area contributed by atoms with Gasteiger partial charge in [0.05, 0.1) is 31.4 Å². The van der Waals surface area contributed by atoms with Crippen LogP contribution in [0.3, 0.4) is 0 Å². The van der Waals surface area contributed by atoms with Crippen LogP contribution < -0.4 is 5.32 Å². The summed E-state index contributed by atoms with van der Waals surface area (Å²) in [4.78, 5) is 4.45. The van der Waals surface area contributed by atoms with Crippen molar-refractivity contribution in [2.24, 2.45) is 0 Å². The average molecular weight is 293 g/mol. The molecule has 0 radical (unpaired) electrons. The van der Waals surface area contributed by atoms with Crippen molar-refractivity contribution in [3.05, 3.63) is 18.2 Å². The van der Waals surface area contributed by atoms with Gasteiger partial charge in [-0.2, -0.15) is 0 Å². The Hall–Kier alpha value is -0.910. The fourth-order valence-electron chi connectivity index (χ4n) is 3.68. The molecule has 118 valence electrons. The van der Waals surface area contributed by atoms with Crippen LogP contribution in [0, 0.1) is 0 Å². The maximum Gasteiger partial charge on any atom is 0.122 e. The predicted octanol–water partition coefficient (Wildman–Crippen LogP) is 2.11. The van der Waals surface area contributed by atoms with E-state index < -0.39 is 0 Å². The summed E-state index contributed by atoms with van der Waals surface area (Å²) in [6.45, 7) is 3.30. The molecule has 5 nitrogen and oxygen atoms in total. The summed E-state index contributed by atoms with van der Waals surface area (Å²) in [7, 11) is 1.72. The van der Waals surface area contributed by atoms with Crippen LogP contribution in [0.2, 0.25) is 0 Å². The lowest BCUT2D eigenvalue weighted by Gasteiger charge is -2.24. The molecule has 1 aromatic heterocycles. The molecule has 1 aliphatic heterocycles. The van der Waals surface area contributed by atoms with E-state index in [0.717, 1.165) is 32.1 Å². The Balaban J connectivity index is 1.50. The monoisotopic (exact) mass is 293 g/mol. The van der Waals surface area contributed by atoms with Crippen molar-refractivity contribution in [1.29, 1.82) is 0 Å². The van der Waals surface area contributed by atoms with Crippen molar-refractivity contribution >= 4 is 0 Å². The Morgan fingerprint density at radius 1 is 1.43 bits per heavy atom. The minimum atomic E-state index is 0.224. The molecule has 2 aliphatic rings. The zero-order valence-electron chi connectivity index (χ0n) is 13.0. The van der Waals surface area contributed by atoms with E-state index in [1.807, 2.05) is 6.20 Å². The Morgan fingerprint density at radius 2 is 2.29 bits per heavy atom. The van der Waals surface area contributed by atoms with Gasteiger partial charge >= 0.3 is 0 Å². The summed E-state index contributed by atoms with van der Waals surface area (Å²) in [6.07, 6.45) is 11.9. The maximum atomic E-state index is 6.39. The second kappa shape index (κ2) is 6.90. The Morgan fingerprint density at radius 3 is 3.10 bits per heavy atom. The minimum Gasteiger partial charge on any atom is -0.383 e. The summed E-state index contributed by atoms with van der Waals surface area (Å²) >= 11 is 0. The molecular weight excluding hydrogens is 266 g/mol. The van der Waals surface area contributed by atoms with Crippen LogP contribution in [0.4, 0.5) is 0 Å². The predicted molar refractivity (Wildman–Crippen MR) is 81.1 cm³/mol. The minimum absolute atomic E-state index is 0.224. The van der Waals surface area contributed by atoms with Gasteiger partial charge in [0.2, 0.25) is 0 Å². The van der Waals surface area contributed by atoms with E-state index >= 15 is 0 Å². The van der Waals surface area contributed by atoms with Crippen molar-refractivity contribution in [3.8, 4) is 0 Å². The van der Waals surface area contributed by atoms with Crippen LogP contribution in [0.15, 0.2) is 12.4 Å². The first kappa shape index (κ1) is 15.0. The first-order chi connectivity index (χ1) is 10.3. The van der Waals surface area contributed by atoms with Gasteiger partial charge in [-0.1, -0.05) is 12.8 Å². The molecule has 1 spiro atoms. The molecule has 0 bridgehead atoms. The number of ether oxygens (including phenoxy) is 2. The third kappa shape index (κ3) is 3.65. The van der Waals surface area contributed by atoms with Gasteiger partial charge in [0.1, 0.15) is 5.82 Å². The van der Waals surface area contributed by atoms with Gasteiger partial charge in [0.25, 0.3) is 0 Å². The first-order valence-electron chi connectivity index (χ1n) is 8.19. The van der Waals surface area contributed by atoms with E-state index in [1.54, 1.807) is 7.11 Å². The summed E-state index contributed by atoms with van der Waals surface area (Å²) in [6, 6.07) is 0. The largest absolute Gasteiger partial charge is 0.383 e.